The number of rotatable bonds is 8. The van der Waals surface area contributed by atoms with E-state index in [9.17, 15) is 8.42 Å². The molecule has 0 N–H and O–H groups in total. The maximum Gasteiger partial charge on any atom is 0.246 e. The van der Waals surface area contributed by atoms with Gasteiger partial charge in [-0.15, -0.1) is 0 Å². The molecular weight excluding hydrogens is 388 g/mol. The van der Waals surface area contributed by atoms with Gasteiger partial charge < -0.3 is 9.47 Å². The van der Waals surface area contributed by atoms with Gasteiger partial charge in [0, 0.05) is 38.3 Å². The Bertz CT molecular complexity index is 894. The second-order valence-corrected chi connectivity index (χ2v) is 9.24. The van der Waals surface area contributed by atoms with Gasteiger partial charge in [0.1, 0.15) is 16.4 Å². The molecule has 6 nitrogen and oxygen atoms in total. The molecular formula is C22H30N2O4S. The first-order chi connectivity index (χ1) is 14.0. The van der Waals surface area contributed by atoms with E-state index in [2.05, 4.69) is 36.1 Å². The van der Waals surface area contributed by atoms with Crippen molar-refractivity contribution < 1.29 is 17.9 Å². The molecule has 0 unspecified atom stereocenters. The summed E-state index contributed by atoms with van der Waals surface area (Å²) < 4.78 is 38.4. The fourth-order valence-corrected chi connectivity index (χ4v) is 5.31. The highest BCUT2D eigenvalue weighted by Gasteiger charge is 2.32. The predicted molar refractivity (Wildman–Crippen MR) is 114 cm³/mol. The van der Waals surface area contributed by atoms with Gasteiger partial charge in [0.05, 0.1) is 14.2 Å². The lowest BCUT2D eigenvalue weighted by Gasteiger charge is -2.37. The van der Waals surface area contributed by atoms with Gasteiger partial charge in [0.25, 0.3) is 0 Å². The van der Waals surface area contributed by atoms with E-state index in [4.69, 9.17) is 9.47 Å². The molecule has 0 spiro atoms. The maximum atomic E-state index is 13.2. The van der Waals surface area contributed by atoms with E-state index in [1.807, 2.05) is 6.07 Å². The van der Waals surface area contributed by atoms with Crippen molar-refractivity contribution in [1.29, 1.82) is 0 Å². The molecule has 1 heterocycles. The summed E-state index contributed by atoms with van der Waals surface area (Å²) in [7, 11) is -0.639. The zero-order chi connectivity index (χ0) is 20.9. The fraction of sp³-hybridized carbons (Fsp3) is 0.455. The van der Waals surface area contributed by atoms with E-state index >= 15 is 0 Å². The Morgan fingerprint density at radius 2 is 1.66 bits per heavy atom. The number of piperazine rings is 1. The number of hydrogen-bond acceptors (Lipinski definition) is 5. The van der Waals surface area contributed by atoms with Crippen molar-refractivity contribution in [3.63, 3.8) is 0 Å². The molecule has 1 aliphatic rings. The largest absolute Gasteiger partial charge is 0.497 e. The first-order valence-electron chi connectivity index (χ1n) is 9.96. The second-order valence-electron chi connectivity index (χ2n) is 7.33. The molecule has 0 radical (unpaired) electrons. The molecule has 0 amide bonds. The van der Waals surface area contributed by atoms with Crippen molar-refractivity contribution in [1.82, 2.24) is 9.21 Å². The van der Waals surface area contributed by atoms with Gasteiger partial charge in [-0.05, 0) is 37.5 Å². The van der Waals surface area contributed by atoms with E-state index in [1.165, 1.54) is 25.8 Å². The molecule has 158 valence electrons. The molecule has 0 aromatic heterocycles. The molecule has 1 saturated heterocycles. The summed E-state index contributed by atoms with van der Waals surface area (Å²) in [5, 5.41) is 0. The zero-order valence-electron chi connectivity index (χ0n) is 17.4. The van der Waals surface area contributed by atoms with Crippen molar-refractivity contribution in [2.45, 2.75) is 30.7 Å². The molecule has 2 aromatic rings. The van der Waals surface area contributed by atoms with Crippen molar-refractivity contribution in [3.8, 4) is 11.5 Å². The van der Waals surface area contributed by atoms with Crippen LogP contribution >= 0.6 is 0 Å². The number of ether oxygens (including phenoxy) is 2. The van der Waals surface area contributed by atoms with Gasteiger partial charge in [-0.25, -0.2) is 8.42 Å². The molecule has 3 rings (SSSR count). The van der Waals surface area contributed by atoms with Crippen molar-refractivity contribution in [2.24, 2.45) is 0 Å². The molecule has 7 heteroatoms. The molecule has 29 heavy (non-hydrogen) atoms. The Morgan fingerprint density at radius 3 is 2.28 bits per heavy atom. The lowest BCUT2D eigenvalue weighted by molar-refractivity contribution is 0.140. The summed E-state index contributed by atoms with van der Waals surface area (Å²) in [6, 6.07) is 15.7. The number of sulfonamides is 1. The molecule has 1 fully saturated rings. The molecule has 1 atom stereocenters. The highest BCUT2D eigenvalue weighted by atomic mass is 32.2. The van der Waals surface area contributed by atoms with Crippen molar-refractivity contribution in [2.75, 3.05) is 40.4 Å². The smallest absolute Gasteiger partial charge is 0.246 e. The van der Waals surface area contributed by atoms with Crippen LogP contribution in [0.25, 0.3) is 0 Å². The Labute approximate surface area is 174 Å². The summed E-state index contributed by atoms with van der Waals surface area (Å²) in [6.07, 6.45) is 2.09. The van der Waals surface area contributed by atoms with Crippen LogP contribution in [0.3, 0.4) is 0 Å². The quantitative estimate of drug-likeness (QED) is 0.660. The average Bonchev–Trinajstić information content (AvgIpc) is 2.77. The second kappa shape index (κ2) is 9.61. The van der Waals surface area contributed by atoms with E-state index in [1.54, 1.807) is 16.4 Å². The van der Waals surface area contributed by atoms with Gasteiger partial charge in [0.15, 0.2) is 0 Å². The predicted octanol–water partition coefficient (Wildman–Crippen LogP) is 3.03. The minimum absolute atomic E-state index is 0.157. The van der Waals surface area contributed by atoms with Crippen LogP contribution in [0.1, 0.15) is 18.9 Å². The maximum absolute atomic E-state index is 13.2. The topological polar surface area (TPSA) is 59.1 Å². The first kappa shape index (κ1) is 21.6. The minimum Gasteiger partial charge on any atom is -0.497 e. The Balaban J connectivity index is 1.62. The van der Waals surface area contributed by atoms with Crippen LogP contribution in [0.15, 0.2) is 53.4 Å². The number of hydrogen-bond donors (Lipinski definition) is 0. The van der Waals surface area contributed by atoms with Gasteiger partial charge in [-0.1, -0.05) is 30.3 Å². The van der Waals surface area contributed by atoms with Gasteiger partial charge in [0.2, 0.25) is 10.0 Å². The molecule has 2 aromatic carbocycles. The van der Waals surface area contributed by atoms with Crippen LogP contribution in [0.5, 0.6) is 11.5 Å². The third-order valence-corrected chi connectivity index (χ3v) is 7.50. The monoisotopic (exact) mass is 418 g/mol. The van der Waals surface area contributed by atoms with Gasteiger partial charge in [-0.2, -0.15) is 4.31 Å². The number of nitrogens with zero attached hydrogens (tertiary/aromatic N) is 2. The van der Waals surface area contributed by atoms with Crippen molar-refractivity contribution in [3.05, 3.63) is 54.1 Å². The van der Waals surface area contributed by atoms with Gasteiger partial charge >= 0.3 is 0 Å². The highest BCUT2D eigenvalue weighted by molar-refractivity contribution is 7.89. The summed E-state index contributed by atoms with van der Waals surface area (Å²) >= 11 is 0. The third kappa shape index (κ3) is 5.10. The zero-order valence-corrected chi connectivity index (χ0v) is 18.2. The van der Waals surface area contributed by atoms with E-state index in [-0.39, 0.29) is 4.90 Å². The molecule has 1 aliphatic heterocycles. The summed E-state index contributed by atoms with van der Waals surface area (Å²) in [5.74, 6) is 0.835. The van der Waals surface area contributed by atoms with Crippen LogP contribution in [0.2, 0.25) is 0 Å². The molecule has 0 bridgehead atoms. The lowest BCUT2D eigenvalue weighted by Crippen LogP contribution is -2.51. The fourth-order valence-electron chi connectivity index (χ4n) is 3.71. The van der Waals surface area contributed by atoms with Crippen LogP contribution < -0.4 is 9.47 Å². The Kier molecular flexibility index (Phi) is 7.16. The van der Waals surface area contributed by atoms with E-state index in [0.717, 1.165) is 25.9 Å². The summed E-state index contributed by atoms with van der Waals surface area (Å²) in [5.41, 5.74) is 1.34. The van der Waals surface area contributed by atoms with Crippen LogP contribution in [0.4, 0.5) is 0 Å². The van der Waals surface area contributed by atoms with E-state index in [0.29, 0.717) is 30.6 Å². The highest BCUT2D eigenvalue weighted by Crippen LogP contribution is 2.31. The van der Waals surface area contributed by atoms with Crippen molar-refractivity contribution >= 4 is 10.0 Å². The number of aryl methyl sites for hydroxylation is 1. The van der Waals surface area contributed by atoms with Crippen LogP contribution in [0, 0.1) is 0 Å². The third-order valence-electron chi connectivity index (χ3n) is 5.58. The number of benzene rings is 2. The van der Waals surface area contributed by atoms with Crippen LogP contribution in [-0.4, -0.2) is 64.1 Å². The SMILES string of the molecule is COc1ccc(OC)c(S(=O)(=O)N2CCN([C@@H](C)CCc3ccccc3)CC2)c1. The first-order valence-corrected chi connectivity index (χ1v) is 11.4. The summed E-state index contributed by atoms with van der Waals surface area (Å²) in [4.78, 5) is 2.53. The van der Waals surface area contributed by atoms with Gasteiger partial charge in [-0.3, -0.25) is 4.90 Å². The van der Waals surface area contributed by atoms with Crippen LogP contribution in [-0.2, 0) is 16.4 Å². The minimum atomic E-state index is -3.64. The molecule has 0 aliphatic carbocycles. The molecule has 0 saturated carbocycles. The standard InChI is InChI=1S/C22H30N2O4S/c1-18(9-10-19-7-5-4-6-8-19)23-13-15-24(16-14-23)29(25,26)22-17-20(27-2)11-12-21(22)28-3/h4-8,11-12,17-18H,9-10,13-16H2,1-3H3/t18-/m0/s1. The normalized spacial score (nSPS) is 17.1. The average molecular weight is 419 g/mol. The Hall–Kier alpha value is -2.09. The number of methoxy groups -OCH3 is 2. The lowest BCUT2D eigenvalue weighted by atomic mass is 10.0. The van der Waals surface area contributed by atoms with E-state index < -0.39 is 10.0 Å². The summed E-state index contributed by atoms with van der Waals surface area (Å²) in [6.45, 7) is 4.61. The Morgan fingerprint density at radius 1 is 0.966 bits per heavy atom.